The van der Waals surface area contributed by atoms with Gasteiger partial charge in [0.05, 0.1) is 21.5 Å². The van der Waals surface area contributed by atoms with E-state index in [0.717, 1.165) is 53.1 Å². The lowest BCUT2D eigenvalue weighted by Gasteiger charge is -2.24. The monoisotopic (exact) mass is 439 g/mol. The Bertz CT molecular complexity index is 1050. The largest absolute Gasteiger partial charge is 0.491 e. The molecule has 0 saturated carbocycles. The molecule has 2 fully saturated rings. The number of aromatic nitrogens is 1. The third kappa shape index (κ3) is 4.02. The third-order valence-corrected chi connectivity index (χ3v) is 7.51. The number of anilines is 1. The van der Waals surface area contributed by atoms with E-state index in [0.29, 0.717) is 19.1 Å². The van der Waals surface area contributed by atoms with Crippen LogP contribution in [0.1, 0.15) is 18.4 Å². The molecule has 5 rings (SSSR count). The van der Waals surface area contributed by atoms with E-state index in [1.54, 1.807) is 11.3 Å². The Kier molecular flexibility index (Phi) is 5.35. The van der Waals surface area contributed by atoms with Gasteiger partial charge in [0.2, 0.25) is 5.91 Å². The number of carbonyl (C=O) groups is 2. The molecule has 1 N–H and O–H groups in total. The highest BCUT2D eigenvalue weighted by atomic mass is 32.2. The number of rotatable bonds is 6. The summed E-state index contributed by atoms with van der Waals surface area (Å²) in [5, 5.41) is 2.79. The molecule has 1 unspecified atom stereocenters. The summed E-state index contributed by atoms with van der Waals surface area (Å²) in [6.45, 7) is 1.62. The van der Waals surface area contributed by atoms with Gasteiger partial charge < -0.3 is 9.64 Å². The van der Waals surface area contributed by atoms with Gasteiger partial charge in [-0.3, -0.25) is 14.9 Å². The first kappa shape index (κ1) is 19.4. The fraction of sp³-hybridized carbons (Fsp3) is 0.318. The second-order valence-corrected chi connectivity index (χ2v) is 9.68. The average molecular weight is 440 g/mol. The Balaban J connectivity index is 1.20. The van der Waals surface area contributed by atoms with Crippen LogP contribution in [0, 0.1) is 0 Å². The number of nitrogens with zero attached hydrogens (tertiary/aromatic N) is 2. The minimum atomic E-state index is -0.342. The average Bonchev–Trinajstić information content (AvgIpc) is 3.45. The number of fused-ring (bicyclic) bond motifs is 1. The Morgan fingerprint density at radius 1 is 1.13 bits per heavy atom. The van der Waals surface area contributed by atoms with E-state index >= 15 is 0 Å². The van der Waals surface area contributed by atoms with Crippen LogP contribution in [-0.4, -0.2) is 40.6 Å². The summed E-state index contributed by atoms with van der Waals surface area (Å²) >= 11 is 2.80. The van der Waals surface area contributed by atoms with Gasteiger partial charge in [0, 0.05) is 6.54 Å². The number of amides is 2. The number of ether oxygens (including phenoxy) is 1. The lowest BCUT2D eigenvalue weighted by Crippen LogP contribution is -2.34. The van der Waals surface area contributed by atoms with Crippen LogP contribution in [0.2, 0.25) is 0 Å². The summed E-state index contributed by atoms with van der Waals surface area (Å²) < 4.78 is 7.29. The number of hydrogen-bond acceptors (Lipinski definition) is 7. The maximum atomic E-state index is 11.7. The van der Waals surface area contributed by atoms with Crippen LogP contribution in [0.3, 0.4) is 0 Å². The summed E-state index contributed by atoms with van der Waals surface area (Å²) in [6, 6.07) is 16.4. The summed E-state index contributed by atoms with van der Waals surface area (Å²) in [5.74, 6) is 0.607. The van der Waals surface area contributed by atoms with Crippen LogP contribution < -0.4 is 15.0 Å². The van der Waals surface area contributed by atoms with Crippen molar-refractivity contribution in [2.45, 2.75) is 30.6 Å². The van der Waals surface area contributed by atoms with E-state index in [1.165, 1.54) is 4.70 Å². The topological polar surface area (TPSA) is 71.5 Å². The first-order chi connectivity index (χ1) is 14.7. The maximum Gasteiger partial charge on any atom is 0.286 e. The minimum absolute atomic E-state index is 0.207. The fourth-order valence-corrected chi connectivity index (χ4v) is 5.82. The number of imide groups is 1. The summed E-state index contributed by atoms with van der Waals surface area (Å²) in [5.41, 5.74) is 2.07. The smallest absolute Gasteiger partial charge is 0.286 e. The van der Waals surface area contributed by atoms with Crippen molar-refractivity contribution in [1.82, 2.24) is 10.3 Å². The number of para-hydroxylation sites is 1. The summed E-state index contributed by atoms with van der Waals surface area (Å²) in [7, 11) is 0. The molecule has 0 radical (unpaired) electrons. The van der Waals surface area contributed by atoms with E-state index in [2.05, 4.69) is 22.3 Å². The van der Waals surface area contributed by atoms with Crippen molar-refractivity contribution in [2.24, 2.45) is 0 Å². The van der Waals surface area contributed by atoms with Gasteiger partial charge >= 0.3 is 0 Å². The van der Waals surface area contributed by atoms with Gasteiger partial charge in [-0.15, -0.1) is 0 Å². The van der Waals surface area contributed by atoms with Crippen molar-refractivity contribution in [3.63, 3.8) is 0 Å². The quantitative estimate of drug-likeness (QED) is 0.620. The van der Waals surface area contributed by atoms with Gasteiger partial charge in [-0.2, -0.15) is 0 Å². The molecule has 8 heteroatoms. The lowest BCUT2D eigenvalue weighted by atomic mass is 10.1. The predicted octanol–water partition coefficient (Wildman–Crippen LogP) is 4.24. The molecule has 3 heterocycles. The molecule has 3 aromatic rings. The van der Waals surface area contributed by atoms with E-state index in [4.69, 9.17) is 9.72 Å². The number of thiazole rings is 1. The van der Waals surface area contributed by atoms with Crippen molar-refractivity contribution in [1.29, 1.82) is 0 Å². The molecule has 2 atom stereocenters. The van der Waals surface area contributed by atoms with Crippen LogP contribution >= 0.6 is 23.1 Å². The molecule has 6 nitrogen and oxygen atoms in total. The van der Waals surface area contributed by atoms with Crippen molar-refractivity contribution in [2.75, 3.05) is 18.1 Å². The molecule has 2 aliphatic heterocycles. The van der Waals surface area contributed by atoms with Crippen molar-refractivity contribution >= 4 is 49.6 Å². The molecule has 0 bridgehead atoms. The normalized spacial score (nSPS) is 21.4. The van der Waals surface area contributed by atoms with Gasteiger partial charge in [-0.25, -0.2) is 4.98 Å². The Morgan fingerprint density at radius 3 is 2.73 bits per heavy atom. The van der Waals surface area contributed by atoms with E-state index in [1.807, 2.05) is 36.4 Å². The maximum absolute atomic E-state index is 11.7. The molecule has 2 amide bonds. The van der Waals surface area contributed by atoms with Gasteiger partial charge in [-0.05, 0) is 49.1 Å². The zero-order valence-electron chi connectivity index (χ0n) is 16.2. The molecular weight excluding hydrogens is 418 g/mol. The SMILES string of the molecule is O=C1NC(=O)C(Cc2ccc(OC[C@@H]3CCCN3c3nc4ccccc4s3)cc2)S1. The van der Waals surface area contributed by atoms with Crippen LogP contribution in [0.15, 0.2) is 48.5 Å². The van der Waals surface area contributed by atoms with E-state index < -0.39 is 0 Å². The van der Waals surface area contributed by atoms with Crippen LogP contribution in [-0.2, 0) is 11.2 Å². The predicted molar refractivity (Wildman–Crippen MR) is 121 cm³/mol. The fourth-order valence-electron chi connectivity index (χ4n) is 3.90. The van der Waals surface area contributed by atoms with Crippen molar-refractivity contribution in [3.8, 4) is 5.75 Å². The Labute approximate surface area is 182 Å². The third-order valence-electron chi connectivity index (χ3n) is 5.46. The van der Waals surface area contributed by atoms with Gasteiger partial charge in [0.25, 0.3) is 5.24 Å². The van der Waals surface area contributed by atoms with Crippen LogP contribution in [0.25, 0.3) is 10.2 Å². The molecular formula is C22H21N3O3S2. The highest BCUT2D eigenvalue weighted by Gasteiger charge is 2.31. The molecule has 0 spiro atoms. The summed E-state index contributed by atoms with van der Waals surface area (Å²) in [6.07, 6.45) is 2.77. The highest BCUT2D eigenvalue weighted by molar-refractivity contribution is 8.15. The van der Waals surface area contributed by atoms with Crippen molar-refractivity contribution < 1.29 is 14.3 Å². The van der Waals surface area contributed by atoms with Gasteiger partial charge in [-0.1, -0.05) is 47.4 Å². The second kappa shape index (κ2) is 8.28. The Hall–Kier alpha value is -2.58. The van der Waals surface area contributed by atoms with E-state index in [9.17, 15) is 9.59 Å². The van der Waals surface area contributed by atoms with E-state index in [-0.39, 0.29) is 16.4 Å². The number of carbonyl (C=O) groups excluding carboxylic acids is 2. The first-order valence-corrected chi connectivity index (χ1v) is 11.7. The first-order valence-electron chi connectivity index (χ1n) is 10.0. The van der Waals surface area contributed by atoms with Crippen molar-refractivity contribution in [3.05, 3.63) is 54.1 Å². The van der Waals surface area contributed by atoms with Crippen LogP contribution in [0.5, 0.6) is 5.75 Å². The standard InChI is InChI=1S/C22H21N3O3S2/c26-20-19(30-22(27)24-20)12-14-7-9-16(10-8-14)28-13-15-4-3-11-25(15)21-23-17-5-1-2-6-18(17)29-21/h1-2,5-10,15,19H,3-4,11-13H2,(H,24,26,27)/t15-,19?/m0/s1. The number of thioether (sulfide) groups is 1. The molecule has 2 aliphatic rings. The molecule has 1 aromatic heterocycles. The van der Waals surface area contributed by atoms with Gasteiger partial charge in [0.1, 0.15) is 12.4 Å². The molecule has 0 aliphatic carbocycles. The summed E-state index contributed by atoms with van der Waals surface area (Å²) in [4.78, 5) is 30.2. The molecule has 2 aromatic carbocycles. The second-order valence-electron chi connectivity index (χ2n) is 7.50. The van der Waals surface area contributed by atoms with Crippen LogP contribution in [0.4, 0.5) is 9.93 Å². The minimum Gasteiger partial charge on any atom is -0.491 e. The van der Waals surface area contributed by atoms with Gasteiger partial charge in [0.15, 0.2) is 5.13 Å². The highest BCUT2D eigenvalue weighted by Crippen LogP contribution is 2.33. The molecule has 2 saturated heterocycles. The molecule has 154 valence electrons. The zero-order valence-corrected chi connectivity index (χ0v) is 17.9. The lowest BCUT2D eigenvalue weighted by molar-refractivity contribution is -0.118. The number of benzene rings is 2. The zero-order chi connectivity index (χ0) is 20.5. The number of nitrogens with one attached hydrogen (secondary N) is 1. The molecule has 30 heavy (non-hydrogen) atoms. The Morgan fingerprint density at radius 2 is 1.97 bits per heavy atom. The number of hydrogen-bond donors (Lipinski definition) is 1.